The van der Waals surface area contributed by atoms with Gasteiger partial charge in [-0.15, -0.1) is 0 Å². The molecular weight excluding hydrogens is 270 g/mol. The minimum absolute atomic E-state index is 0.155. The molecule has 1 aromatic carbocycles. The van der Waals surface area contributed by atoms with Gasteiger partial charge in [0.2, 0.25) is 5.88 Å². The number of aromatic hydroxyl groups is 1. The Balaban J connectivity index is 2.44. The Kier molecular flexibility index (Phi) is 2.94. The predicted molar refractivity (Wildman–Crippen MR) is 78.9 cm³/mol. The average molecular weight is 285 g/mol. The lowest BCUT2D eigenvalue weighted by Gasteiger charge is -2.08. The average Bonchev–Trinajstić information content (AvgIpc) is 2.81. The lowest BCUT2D eigenvalue weighted by atomic mass is 10.1. The molecule has 2 heterocycles. The van der Waals surface area contributed by atoms with Gasteiger partial charge in [-0.1, -0.05) is 18.2 Å². The fourth-order valence-corrected chi connectivity index (χ4v) is 2.43. The van der Waals surface area contributed by atoms with Gasteiger partial charge < -0.3 is 14.8 Å². The van der Waals surface area contributed by atoms with Crippen LogP contribution in [0, 0.1) is 13.8 Å². The first-order valence-electron chi connectivity index (χ1n) is 6.49. The Bertz CT molecular complexity index is 893. The molecule has 3 aromatic rings. The van der Waals surface area contributed by atoms with Gasteiger partial charge in [-0.25, -0.2) is 0 Å². The van der Waals surface area contributed by atoms with Crippen molar-refractivity contribution in [1.82, 2.24) is 14.6 Å². The third kappa shape index (κ3) is 1.87. The molecule has 108 valence electrons. The zero-order chi connectivity index (χ0) is 15.1. The molecule has 21 heavy (non-hydrogen) atoms. The maximum absolute atomic E-state index is 11.9. The zero-order valence-corrected chi connectivity index (χ0v) is 12.0. The van der Waals surface area contributed by atoms with E-state index in [1.165, 1.54) is 4.52 Å². The number of fused-ring (bicyclic) bond motifs is 1. The van der Waals surface area contributed by atoms with Gasteiger partial charge in [-0.05, 0) is 19.9 Å². The summed E-state index contributed by atoms with van der Waals surface area (Å²) in [6, 6.07) is 7.48. The largest absolute Gasteiger partial charge is 0.496 e. The number of benzene rings is 1. The zero-order valence-electron chi connectivity index (χ0n) is 12.0. The number of aromatic amines is 1. The third-order valence-electron chi connectivity index (χ3n) is 3.55. The van der Waals surface area contributed by atoms with E-state index >= 15 is 0 Å². The lowest BCUT2D eigenvalue weighted by Crippen LogP contribution is -2.12. The SMILES string of the molecule is COc1ccccc1-c1c(C)nn2c(O)c(C)c(=O)[nH]c12. The molecular formula is C15H15N3O3. The van der Waals surface area contributed by atoms with E-state index in [9.17, 15) is 9.90 Å². The number of hydrogen-bond donors (Lipinski definition) is 2. The van der Waals surface area contributed by atoms with Crippen LogP contribution in [0.5, 0.6) is 11.6 Å². The number of ether oxygens (including phenoxy) is 1. The molecule has 0 fully saturated rings. The standard InChI is InChI=1S/C15H15N3O3/c1-8-14(19)16-13-12(9(2)17-18(13)15(8)20)10-6-4-5-7-11(10)21-3/h4-7,20H,1-3H3,(H,16,19). The first kappa shape index (κ1) is 13.2. The van der Waals surface area contributed by atoms with Crippen molar-refractivity contribution in [3.05, 3.63) is 45.9 Å². The summed E-state index contributed by atoms with van der Waals surface area (Å²) in [5, 5.41) is 14.4. The monoisotopic (exact) mass is 285 g/mol. The molecule has 0 atom stereocenters. The first-order valence-corrected chi connectivity index (χ1v) is 6.49. The van der Waals surface area contributed by atoms with Crippen LogP contribution in [0.2, 0.25) is 0 Å². The van der Waals surface area contributed by atoms with E-state index in [1.807, 2.05) is 31.2 Å². The van der Waals surface area contributed by atoms with Gasteiger partial charge in [0.25, 0.3) is 5.56 Å². The van der Waals surface area contributed by atoms with Crippen molar-refractivity contribution in [2.45, 2.75) is 13.8 Å². The summed E-state index contributed by atoms with van der Waals surface area (Å²) in [5.41, 5.74) is 2.58. The van der Waals surface area contributed by atoms with Crippen LogP contribution in [0.4, 0.5) is 0 Å². The molecule has 0 aliphatic carbocycles. The number of nitrogens with one attached hydrogen (secondary N) is 1. The van der Waals surface area contributed by atoms with Crippen LogP contribution in [0.1, 0.15) is 11.3 Å². The summed E-state index contributed by atoms with van der Waals surface area (Å²) < 4.78 is 6.71. The molecule has 0 amide bonds. The Hall–Kier alpha value is -2.76. The van der Waals surface area contributed by atoms with E-state index in [-0.39, 0.29) is 17.0 Å². The summed E-state index contributed by atoms with van der Waals surface area (Å²) in [5.74, 6) is 0.523. The Morgan fingerprint density at radius 3 is 2.71 bits per heavy atom. The van der Waals surface area contributed by atoms with E-state index in [0.29, 0.717) is 17.1 Å². The topological polar surface area (TPSA) is 79.6 Å². The third-order valence-corrected chi connectivity index (χ3v) is 3.55. The van der Waals surface area contributed by atoms with Crippen LogP contribution in [0.25, 0.3) is 16.8 Å². The number of aromatic nitrogens is 3. The number of hydrogen-bond acceptors (Lipinski definition) is 4. The summed E-state index contributed by atoms with van der Waals surface area (Å²) >= 11 is 0. The minimum Gasteiger partial charge on any atom is -0.496 e. The molecule has 0 spiro atoms. The van der Waals surface area contributed by atoms with Crippen LogP contribution in [-0.2, 0) is 0 Å². The molecule has 0 unspecified atom stereocenters. The highest BCUT2D eigenvalue weighted by Gasteiger charge is 2.19. The van der Waals surface area contributed by atoms with Crippen LogP contribution < -0.4 is 10.3 Å². The van der Waals surface area contributed by atoms with Crippen molar-refractivity contribution in [1.29, 1.82) is 0 Å². The first-order chi connectivity index (χ1) is 10.0. The molecule has 0 saturated heterocycles. The number of nitrogens with zero attached hydrogens (tertiary/aromatic N) is 2. The van der Waals surface area contributed by atoms with E-state index in [1.54, 1.807) is 14.0 Å². The highest BCUT2D eigenvalue weighted by atomic mass is 16.5. The van der Waals surface area contributed by atoms with Crippen LogP contribution in [0.3, 0.4) is 0 Å². The van der Waals surface area contributed by atoms with E-state index in [4.69, 9.17) is 4.74 Å². The van der Waals surface area contributed by atoms with E-state index < -0.39 is 0 Å². The van der Waals surface area contributed by atoms with Gasteiger partial charge in [0.1, 0.15) is 11.4 Å². The molecule has 6 heteroatoms. The van der Waals surface area contributed by atoms with Crippen LogP contribution in [-0.4, -0.2) is 26.8 Å². The van der Waals surface area contributed by atoms with Crippen molar-refractivity contribution >= 4 is 5.65 Å². The molecule has 0 radical (unpaired) electrons. The van der Waals surface area contributed by atoms with Crippen molar-refractivity contribution < 1.29 is 9.84 Å². The molecule has 6 nitrogen and oxygen atoms in total. The summed E-state index contributed by atoms with van der Waals surface area (Å²) in [4.78, 5) is 14.7. The lowest BCUT2D eigenvalue weighted by molar-refractivity contribution is 0.416. The Morgan fingerprint density at radius 2 is 2.00 bits per heavy atom. The van der Waals surface area contributed by atoms with Crippen LogP contribution in [0.15, 0.2) is 29.1 Å². The fourth-order valence-electron chi connectivity index (χ4n) is 2.43. The van der Waals surface area contributed by atoms with Crippen molar-refractivity contribution in [3.63, 3.8) is 0 Å². The van der Waals surface area contributed by atoms with Crippen LogP contribution >= 0.6 is 0 Å². The summed E-state index contributed by atoms with van der Waals surface area (Å²) in [6.45, 7) is 3.37. The minimum atomic E-state index is -0.337. The number of rotatable bonds is 2. The van der Waals surface area contributed by atoms with Gasteiger partial charge in [0.05, 0.1) is 23.9 Å². The van der Waals surface area contributed by atoms with Gasteiger partial charge in [0, 0.05) is 5.56 Å². The highest BCUT2D eigenvalue weighted by Crippen LogP contribution is 2.35. The molecule has 0 aliphatic heterocycles. The quantitative estimate of drug-likeness (QED) is 0.755. The number of H-pyrrole nitrogens is 1. The van der Waals surface area contributed by atoms with Gasteiger partial charge >= 0.3 is 0 Å². The molecule has 0 aliphatic rings. The van der Waals surface area contributed by atoms with Crippen molar-refractivity contribution in [3.8, 4) is 22.8 Å². The smallest absolute Gasteiger partial charge is 0.257 e. The number of para-hydroxylation sites is 1. The Morgan fingerprint density at radius 1 is 1.29 bits per heavy atom. The second-order valence-electron chi connectivity index (χ2n) is 4.82. The predicted octanol–water partition coefficient (Wildman–Crippen LogP) is 2.02. The van der Waals surface area contributed by atoms with Gasteiger partial charge in [0.15, 0.2) is 0 Å². The molecule has 2 N–H and O–H groups in total. The number of aryl methyl sites for hydroxylation is 1. The molecule has 0 saturated carbocycles. The van der Waals surface area contributed by atoms with Gasteiger partial charge in [-0.2, -0.15) is 9.61 Å². The van der Waals surface area contributed by atoms with E-state index in [2.05, 4.69) is 10.1 Å². The fraction of sp³-hybridized carbons (Fsp3) is 0.200. The maximum Gasteiger partial charge on any atom is 0.257 e. The summed E-state index contributed by atoms with van der Waals surface area (Å²) in [7, 11) is 1.59. The highest BCUT2D eigenvalue weighted by molar-refractivity contribution is 5.83. The van der Waals surface area contributed by atoms with Crippen molar-refractivity contribution in [2.24, 2.45) is 0 Å². The van der Waals surface area contributed by atoms with Gasteiger partial charge in [-0.3, -0.25) is 4.79 Å². The molecule has 0 bridgehead atoms. The Labute approximate surface area is 120 Å². The van der Waals surface area contributed by atoms with E-state index in [0.717, 1.165) is 11.1 Å². The second-order valence-corrected chi connectivity index (χ2v) is 4.82. The second kappa shape index (κ2) is 4.66. The molecule has 2 aromatic heterocycles. The normalized spacial score (nSPS) is 11.0. The molecule has 3 rings (SSSR count). The maximum atomic E-state index is 11.9. The van der Waals surface area contributed by atoms with Crippen molar-refractivity contribution in [2.75, 3.05) is 7.11 Å². The number of methoxy groups -OCH3 is 1. The summed E-state index contributed by atoms with van der Waals surface area (Å²) in [6.07, 6.45) is 0.